The Morgan fingerprint density at radius 1 is 1.09 bits per heavy atom. The molecule has 0 aliphatic heterocycles. The molecule has 0 unspecified atom stereocenters. The lowest BCUT2D eigenvalue weighted by atomic mass is 9.99. The third-order valence-corrected chi connectivity index (χ3v) is 5.47. The fourth-order valence-corrected chi connectivity index (χ4v) is 3.76. The van der Waals surface area contributed by atoms with Crippen LogP contribution in [0.25, 0.3) is 33.1 Å². The van der Waals surface area contributed by atoms with Gasteiger partial charge in [0.1, 0.15) is 23.6 Å². The molecule has 0 fully saturated rings. The summed E-state index contributed by atoms with van der Waals surface area (Å²) < 4.78 is 29.3. The van der Waals surface area contributed by atoms with Gasteiger partial charge < -0.3 is 18.9 Å². The molecule has 2 heterocycles. The normalized spacial score (nSPS) is 11.1. The average Bonchev–Trinajstić information content (AvgIpc) is 3.18. The Hall–Kier alpha value is -3.94. The van der Waals surface area contributed by atoms with Crippen LogP contribution in [-0.2, 0) is 20.7 Å². The first-order valence-corrected chi connectivity index (χ1v) is 10.5. The van der Waals surface area contributed by atoms with Crippen LogP contribution in [0.2, 0.25) is 0 Å². The summed E-state index contributed by atoms with van der Waals surface area (Å²) in [6, 6.07) is 9.66. The first-order chi connectivity index (χ1) is 15.8. The SMILES string of the molecule is CC(=O)OCCNC(=O)CCc1c(C)c2cc3c(-c4ccc(F)cc4)coc3cc2oc1=O. The van der Waals surface area contributed by atoms with Crippen LogP contribution >= 0.6 is 0 Å². The van der Waals surface area contributed by atoms with Crippen molar-refractivity contribution >= 4 is 33.8 Å². The zero-order chi connectivity index (χ0) is 23.5. The topological polar surface area (TPSA) is 98.8 Å². The Kier molecular flexibility index (Phi) is 6.26. The first-order valence-electron chi connectivity index (χ1n) is 10.5. The van der Waals surface area contributed by atoms with E-state index in [4.69, 9.17) is 13.6 Å². The van der Waals surface area contributed by atoms with Gasteiger partial charge in [0, 0.05) is 41.3 Å². The van der Waals surface area contributed by atoms with Gasteiger partial charge in [-0.15, -0.1) is 0 Å². The zero-order valence-corrected chi connectivity index (χ0v) is 18.2. The van der Waals surface area contributed by atoms with E-state index in [2.05, 4.69) is 5.32 Å². The molecule has 7 nitrogen and oxygen atoms in total. The molecule has 0 radical (unpaired) electrons. The minimum atomic E-state index is -0.502. The number of halogens is 1. The molecule has 0 bridgehead atoms. The van der Waals surface area contributed by atoms with Crippen molar-refractivity contribution in [1.29, 1.82) is 0 Å². The molecule has 1 amide bonds. The number of aryl methyl sites for hydroxylation is 1. The van der Waals surface area contributed by atoms with Gasteiger partial charge in [0.2, 0.25) is 5.91 Å². The summed E-state index contributed by atoms with van der Waals surface area (Å²) in [5.74, 6) is -0.998. The summed E-state index contributed by atoms with van der Waals surface area (Å²) in [5, 5.41) is 4.19. The number of hydrogen-bond acceptors (Lipinski definition) is 6. The highest BCUT2D eigenvalue weighted by molar-refractivity contribution is 6.02. The second-order valence-electron chi connectivity index (χ2n) is 7.68. The Morgan fingerprint density at radius 3 is 2.58 bits per heavy atom. The number of esters is 1. The maximum Gasteiger partial charge on any atom is 0.339 e. The average molecular weight is 451 g/mol. The molecule has 1 N–H and O–H groups in total. The molecule has 0 aliphatic carbocycles. The van der Waals surface area contributed by atoms with Crippen molar-refractivity contribution in [3.63, 3.8) is 0 Å². The van der Waals surface area contributed by atoms with Crippen molar-refractivity contribution in [3.05, 3.63) is 70.0 Å². The van der Waals surface area contributed by atoms with Gasteiger partial charge >= 0.3 is 11.6 Å². The third kappa shape index (κ3) is 4.79. The van der Waals surface area contributed by atoms with Crippen molar-refractivity contribution in [2.24, 2.45) is 0 Å². The van der Waals surface area contributed by atoms with Gasteiger partial charge in [-0.2, -0.15) is 0 Å². The van der Waals surface area contributed by atoms with Crippen molar-refractivity contribution in [2.45, 2.75) is 26.7 Å². The number of hydrogen-bond donors (Lipinski definition) is 1. The number of amides is 1. The summed E-state index contributed by atoms with van der Waals surface area (Å²) in [7, 11) is 0. The smallest absolute Gasteiger partial charge is 0.339 e. The van der Waals surface area contributed by atoms with E-state index in [1.54, 1.807) is 24.5 Å². The number of ether oxygens (including phenoxy) is 1. The van der Waals surface area contributed by atoms with Crippen molar-refractivity contribution in [1.82, 2.24) is 5.32 Å². The fraction of sp³-hybridized carbons (Fsp3) is 0.240. The molecule has 33 heavy (non-hydrogen) atoms. The Labute approximate surface area is 188 Å². The molecule has 2 aromatic carbocycles. The molecule has 0 saturated carbocycles. The van der Waals surface area contributed by atoms with Crippen molar-refractivity contribution < 1.29 is 27.6 Å². The van der Waals surface area contributed by atoms with E-state index < -0.39 is 11.6 Å². The minimum Gasteiger partial charge on any atom is -0.464 e. The van der Waals surface area contributed by atoms with Gasteiger partial charge in [-0.1, -0.05) is 12.1 Å². The van der Waals surface area contributed by atoms with E-state index in [0.717, 1.165) is 27.5 Å². The Balaban J connectivity index is 1.61. The molecule has 0 atom stereocenters. The van der Waals surface area contributed by atoms with E-state index in [1.807, 2.05) is 13.0 Å². The van der Waals surface area contributed by atoms with Gasteiger partial charge in [-0.05, 0) is 42.7 Å². The van der Waals surface area contributed by atoms with Gasteiger partial charge in [0.25, 0.3) is 0 Å². The number of carbonyl (C=O) groups excluding carboxylic acids is 2. The van der Waals surface area contributed by atoms with Crippen LogP contribution in [-0.4, -0.2) is 25.0 Å². The van der Waals surface area contributed by atoms with Crippen LogP contribution in [0.3, 0.4) is 0 Å². The standard InChI is InChI=1S/C25H22FNO6/c1-14-18(7-8-24(29)27-9-10-31-15(2)28)25(30)33-23-12-22-20(11-19(14)23)21(13-32-22)16-3-5-17(26)6-4-16/h3-6,11-13H,7-10H2,1-2H3,(H,27,29). The Morgan fingerprint density at radius 2 is 1.85 bits per heavy atom. The van der Waals surface area contributed by atoms with Crippen LogP contribution in [0.5, 0.6) is 0 Å². The minimum absolute atomic E-state index is 0.0892. The third-order valence-electron chi connectivity index (χ3n) is 5.47. The van der Waals surface area contributed by atoms with E-state index in [1.165, 1.54) is 19.1 Å². The lowest BCUT2D eigenvalue weighted by Crippen LogP contribution is -2.28. The van der Waals surface area contributed by atoms with Gasteiger partial charge in [0.05, 0.1) is 12.8 Å². The quantitative estimate of drug-likeness (QED) is 0.256. The molecular formula is C25H22FNO6. The highest BCUT2D eigenvalue weighted by atomic mass is 19.1. The molecule has 170 valence electrons. The van der Waals surface area contributed by atoms with Crippen molar-refractivity contribution in [2.75, 3.05) is 13.2 Å². The molecule has 4 rings (SSSR count). The summed E-state index contributed by atoms with van der Waals surface area (Å²) in [4.78, 5) is 35.4. The monoisotopic (exact) mass is 451 g/mol. The largest absolute Gasteiger partial charge is 0.464 e. The summed E-state index contributed by atoms with van der Waals surface area (Å²) >= 11 is 0. The predicted octanol–water partition coefficient (Wildman–Crippen LogP) is 4.27. The van der Waals surface area contributed by atoms with Crippen LogP contribution in [0.15, 0.2) is 56.3 Å². The molecule has 0 spiro atoms. The Bertz CT molecular complexity index is 1400. The van der Waals surface area contributed by atoms with Crippen LogP contribution < -0.4 is 10.9 Å². The van der Waals surface area contributed by atoms with Gasteiger partial charge in [-0.3, -0.25) is 9.59 Å². The highest BCUT2D eigenvalue weighted by Crippen LogP contribution is 2.34. The molecule has 0 aliphatic rings. The van der Waals surface area contributed by atoms with Crippen LogP contribution in [0, 0.1) is 12.7 Å². The number of fused-ring (bicyclic) bond motifs is 2. The van der Waals surface area contributed by atoms with E-state index in [-0.39, 0.29) is 37.7 Å². The van der Waals surface area contributed by atoms with Gasteiger partial charge in [0.15, 0.2) is 0 Å². The lowest BCUT2D eigenvalue weighted by Gasteiger charge is -2.09. The fourth-order valence-electron chi connectivity index (χ4n) is 3.76. The second-order valence-corrected chi connectivity index (χ2v) is 7.68. The molecule has 8 heteroatoms. The van der Waals surface area contributed by atoms with E-state index in [0.29, 0.717) is 16.7 Å². The summed E-state index contributed by atoms with van der Waals surface area (Å²) in [5.41, 5.74) is 3.17. The number of carbonyl (C=O) groups is 2. The van der Waals surface area contributed by atoms with Crippen LogP contribution in [0.1, 0.15) is 24.5 Å². The molecular weight excluding hydrogens is 429 g/mol. The maximum absolute atomic E-state index is 13.3. The van der Waals surface area contributed by atoms with E-state index >= 15 is 0 Å². The maximum atomic E-state index is 13.3. The summed E-state index contributed by atoms with van der Waals surface area (Å²) in [6.45, 7) is 3.41. The second kappa shape index (κ2) is 9.28. The lowest BCUT2D eigenvalue weighted by molar-refractivity contribution is -0.141. The number of nitrogens with one attached hydrogen (secondary N) is 1. The highest BCUT2D eigenvalue weighted by Gasteiger charge is 2.16. The molecule has 2 aromatic heterocycles. The first kappa shape index (κ1) is 22.3. The molecule has 0 saturated heterocycles. The molecule has 4 aromatic rings. The zero-order valence-electron chi connectivity index (χ0n) is 18.2. The predicted molar refractivity (Wildman–Crippen MR) is 120 cm³/mol. The van der Waals surface area contributed by atoms with Gasteiger partial charge in [-0.25, -0.2) is 9.18 Å². The summed E-state index contributed by atoms with van der Waals surface area (Å²) in [6.07, 6.45) is 1.88. The number of rotatable bonds is 7. The van der Waals surface area contributed by atoms with Crippen LogP contribution in [0.4, 0.5) is 4.39 Å². The van der Waals surface area contributed by atoms with Crippen molar-refractivity contribution in [3.8, 4) is 11.1 Å². The number of furan rings is 1. The number of benzene rings is 2. The van der Waals surface area contributed by atoms with E-state index in [9.17, 15) is 18.8 Å².